The minimum absolute atomic E-state index is 0.0338. The Labute approximate surface area is 228 Å². The highest BCUT2D eigenvalue weighted by Gasteiger charge is 2.24. The third kappa shape index (κ3) is 6.11. The average Bonchev–Trinajstić information content (AvgIpc) is 3.60. The number of carbonyl (C=O) groups is 1. The summed E-state index contributed by atoms with van der Waals surface area (Å²) in [4.78, 5) is 12.8. The van der Waals surface area contributed by atoms with Gasteiger partial charge in [0.05, 0.1) is 12.9 Å². The number of hydrogen-bond acceptors (Lipinski definition) is 9. The molecule has 0 atom stereocenters. The van der Waals surface area contributed by atoms with Gasteiger partial charge in [-0.15, -0.1) is 10.2 Å². The number of anilines is 1. The molecule has 2 heterocycles. The van der Waals surface area contributed by atoms with E-state index in [9.17, 15) is 10.1 Å². The summed E-state index contributed by atoms with van der Waals surface area (Å²) in [6, 6.07) is 28.2. The predicted molar refractivity (Wildman–Crippen MR) is 145 cm³/mol. The maximum atomic E-state index is 12.8. The minimum atomic E-state index is -0.390. The van der Waals surface area contributed by atoms with E-state index in [-0.39, 0.29) is 34.9 Å². The molecule has 0 radical (unpaired) electrons. The van der Waals surface area contributed by atoms with Crippen LogP contribution in [0.3, 0.4) is 0 Å². The molecule has 0 aliphatic rings. The monoisotopic (exact) mass is 538 g/mol. The predicted octanol–water partition coefficient (Wildman–Crippen LogP) is 6.19. The van der Waals surface area contributed by atoms with Crippen molar-refractivity contribution in [3.8, 4) is 40.0 Å². The number of nitrogens with zero attached hydrogens (tertiary/aromatic N) is 3. The largest absolute Gasteiger partial charge is 0.497 e. The molecule has 5 rings (SSSR count). The molecule has 0 unspecified atom stereocenters. The van der Waals surface area contributed by atoms with Gasteiger partial charge in [-0.1, -0.05) is 72.4 Å². The number of aromatic nitrogens is 2. The lowest BCUT2D eigenvalue weighted by molar-refractivity contribution is -0.113. The summed E-state index contributed by atoms with van der Waals surface area (Å²) in [5.41, 5.74) is 2.46. The van der Waals surface area contributed by atoms with Crippen LogP contribution in [0.4, 0.5) is 5.88 Å². The molecule has 194 valence electrons. The molecule has 0 fully saturated rings. The lowest BCUT2D eigenvalue weighted by atomic mass is 9.98. The van der Waals surface area contributed by atoms with Crippen molar-refractivity contribution in [2.75, 3.05) is 18.2 Å². The summed E-state index contributed by atoms with van der Waals surface area (Å²) in [6.07, 6.45) is 0. The highest BCUT2D eigenvalue weighted by atomic mass is 32.2. The van der Waals surface area contributed by atoms with Crippen LogP contribution in [0.1, 0.15) is 11.5 Å². The van der Waals surface area contributed by atoms with E-state index in [1.165, 1.54) is 0 Å². The quantitative estimate of drug-likeness (QED) is 0.207. The maximum Gasteiger partial charge on any atom is 0.277 e. The van der Waals surface area contributed by atoms with Gasteiger partial charge in [-0.2, -0.15) is 5.26 Å². The Morgan fingerprint density at radius 1 is 0.923 bits per heavy atom. The van der Waals surface area contributed by atoms with E-state index < -0.39 is 5.91 Å². The number of hydrogen-bond donors (Lipinski definition) is 1. The molecule has 0 saturated carbocycles. The molecule has 0 bridgehead atoms. The van der Waals surface area contributed by atoms with Crippen LogP contribution in [0.5, 0.6) is 11.5 Å². The molecule has 1 amide bonds. The van der Waals surface area contributed by atoms with E-state index in [1.807, 2.05) is 60.7 Å². The van der Waals surface area contributed by atoms with E-state index in [1.54, 1.807) is 31.4 Å². The van der Waals surface area contributed by atoms with Gasteiger partial charge in [0.1, 0.15) is 28.9 Å². The van der Waals surface area contributed by atoms with Gasteiger partial charge in [0.15, 0.2) is 6.61 Å². The van der Waals surface area contributed by atoms with Gasteiger partial charge < -0.3 is 18.3 Å². The molecule has 0 spiro atoms. The number of furan rings is 1. The molecule has 39 heavy (non-hydrogen) atoms. The van der Waals surface area contributed by atoms with Crippen molar-refractivity contribution in [2.24, 2.45) is 0 Å². The van der Waals surface area contributed by atoms with Crippen molar-refractivity contribution in [2.45, 2.75) is 11.8 Å². The second-order valence-electron chi connectivity index (χ2n) is 8.12. The number of amides is 1. The Balaban J connectivity index is 1.25. The van der Waals surface area contributed by atoms with Crippen LogP contribution in [0.15, 0.2) is 99.0 Å². The van der Waals surface area contributed by atoms with Gasteiger partial charge >= 0.3 is 0 Å². The Kier molecular flexibility index (Phi) is 7.90. The first-order valence-corrected chi connectivity index (χ1v) is 12.8. The summed E-state index contributed by atoms with van der Waals surface area (Å²) >= 11 is 1.06. The van der Waals surface area contributed by atoms with Crippen LogP contribution in [-0.4, -0.2) is 29.0 Å². The highest BCUT2D eigenvalue weighted by molar-refractivity contribution is 7.99. The second-order valence-corrected chi connectivity index (χ2v) is 9.04. The zero-order chi connectivity index (χ0) is 27.0. The Morgan fingerprint density at radius 3 is 2.26 bits per heavy atom. The van der Waals surface area contributed by atoms with Gasteiger partial charge in [0.2, 0.25) is 11.8 Å². The minimum Gasteiger partial charge on any atom is -0.497 e. The van der Waals surface area contributed by atoms with Crippen molar-refractivity contribution < 1.29 is 23.1 Å². The molecule has 0 saturated heterocycles. The van der Waals surface area contributed by atoms with E-state index in [0.29, 0.717) is 17.1 Å². The molecule has 0 aliphatic carbocycles. The van der Waals surface area contributed by atoms with Gasteiger partial charge in [-0.05, 0) is 29.8 Å². The van der Waals surface area contributed by atoms with E-state index in [0.717, 1.165) is 28.6 Å². The third-order valence-corrected chi connectivity index (χ3v) is 6.39. The number of thioether (sulfide) groups is 1. The molecule has 9 nitrogen and oxygen atoms in total. The zero-order valence-corrected chi connectivity index (χ0v) is 21.6. The fourth-order valence-corrected chi connectivity index (χ4v) is 4.34. The van der Waals surface area contributed by atoms with Gasteiger partial charge in [-0.25, -0.2) is 0 Å². The first kappa shape index (κ1) is 25.6. The average molecular weight is 539 g/mol. The first-order chi connectivity index (χ1) is 19.1. The van der Waals surface area contributed by atoms with E-state index in [2.05, 4.69) is 21.6 Å². The van der Waals surface area contributed by atoms with Crippen molar-refractivity contribution in [3.05, 3.63) is 96.4 Å². The number of methoxy groups -OCH3 is 1. The highest BCUT2D eigenvalue weighted by Crippen LogP contribution is 2.41. The lowest BCUT2D eigenvalue weighted by Gasteiger charge is -2.04. The first-order valence-electron chi connectivity index (χ1n) is 11.8. The van der Waals surface area contributed by atoms with E-state index >= 15 is 0 Å². The SMILES string of the molecule is COc1ccc(OCc2nnc(SCC(=O)Nc3oc(-c4ccccc4)c(-c4ccccc4)c3C#N)o2)cc1. The summed E-state index contributed by atoms with van der Waals surface area (Å²) in [5, 5.41) is 20.8. The van der Waals surface area contributed by atoms with Crippen molar-refractivity contribution in [1.82, 2.24) is 10.2 Å². The number of ether oxygens (including phenoxy) is 2. The normalized spacial score (nSPS) is 10.6. The standard InChI is InChI=1S/C29H22N4O5S/c1-35-21-12-14-22(15-13-21)36-17-25-32-33-29(37-25)39-18-24(34)31-28-23(16-30)26(19-8-4-2-5-9-19)27(38-28)20-10-6-3-7-11-20/h2-15H,17-18H2,1H3,(H,31,34). The van der Waals surface area contributed by atoms with Crippen molar-refractivity contribution in [1.29, 1.82) is 5.26 Å². The Bertz CT molecular complexity index is 1590. The maximum absolute atomic E-state index is 12.8. The van der Waals surface area contributed by atoms with Gasteiger partial charge in [0.25, 0.3) is 11.1 Å². The molecule has 5 aromatic rings. The fourth-order valence-electron chi connectivity index (χ4n) is 3.76. The van der Waals surface area contributed by atoms with Crippen LogP contribution >= 0.6 is 11.8 Å². The van der Waals surface area contributed by atoms with Crippen LogP contribution < -0.4 is 14.8 Å². The van der Waals surface area contributed by atoms with Crippen LogP contribution in [0.2, 0.25) is 0 Å². The van der Waals surface area contributed by atoms with Gasteiger partial charge in [0, 0.05) is 11.1 Å². The molecule has 10 heteroatoms. The fraction of sp³-hybridized carbons (Fsp3) is 0.103. The summed E-state index contributed by atoms with van der Waals surface area (Å²) in [6.45, 7) is 0.0779. The number of nitrogens with one attached hydrogen (secondary N) is 1. The van der Waals surface area contributed by atoms with Crippen LogP contribution in [-0.2, 0) is 11.4 Å². The topological polar surface area (TPSA) is 123 Å². The molecule has 0 aliphatic heterocycles. The summed E-state index contributed by atoms with van der Waals surface area (Å²) < 4.78 is 22.4. The van der Waals surface area contributed by atoms with E-state index in [4.69, 9.17) is 18.3 Å². The van der Waals surface area contributed by atoms with Crippen molar-refractivity contribution in [3.63, 3.8) is 0 Å². The molecular formula is C29H22N4O5S. The number of nitriles is 1. The Hall–Kier alpha value is -5.01. The number of benzene rings is 3. The zero-order valence-electron chi connectivity index (χ0n) is 20.8. The molecule has 3 aromatic carbocycles. The lowest BCUT2D eigenvalue weighted by Crippen LogP contribution is -2.14. The summed E-state index contributed by atoms with van der Waals surface area (Å²) in [5.74, 6) is 1.78. The number of rotatable bonds is 10. The molecular weight excluding hydrogens is 516 g/mol. The van der Waals surface area contributed by atoms with Gasteiger partial charge in [-0.3, -0.25) is 10.1 Å². The van der Waals surface area contributed by atoms with Crippen molar-refractivity contribution >= 4 is 23.6 Å². The second kappa shape index (κ2) is 12.0. The summed E-state index contributed by atoms with van der Waals surface area (Å²) in [7, 11) is 1.59. The van der Waals surface area contributed by atoms with Crippen LogP contribution in [0.25, 0.3) is 22.5 Å². The third-order valence-electron chi connectivity index (χ3n) is 5.57. The number of carbonyl (C=O) groups excluding carboxylic acids is 1. The Morgan fingerprint density at radius 2 is 1.59 bits per heavy atom. The molecule has 2 aromatic heterocycles. The van der Waals surface area contributed by atoms with Crippen LogP contribution in [0, 0.1) is 11.3 Å². The smallest absolute Gasteiger partial charge is 0.277 e. The molecule has 1 N–H and O–H groups in total.